The van der Waals surface area contributed by atoms with Gasteiger partial charge in [0.1, 0.15) is 16.7 Å². The molecule has 1 aliphatic heterocycles. The highest BCUT2D eigenvalue weighted by Crippen LogP contribution is 2.42. The largest absolute Gasteiger partial charge is 0.351 e. The summed E-state index contributed by atoms with van der Waals surface area (Å²) < 4.78 is 0. The lowest BCUT2D eigenvalue weighted by Gasteiger charge is -2.19. The van der Waals surface area contributed by atoms with Crippen molar-refractivity contribution in [1.82, 2.24) is 5.32 Å². The highest BCUT2D eigenvalue weighted by Gasteiger charge is 2.40. The van der Waals surface area contributed by atoms with E-state index < -0.39 is 11.2 Å². The van der Waals surface area contributed by atoms with Crippen LogP contribution in [0.4, 0.5) is 5.69 Å². The van der Waals surface area contributed by atoms with E-state index in [4.69, 9.17) is 0 Å². The van der Waals surface area contributed by atoms with Crippen molar-refractivity contribution in [1.29, 1.82) is 5.26 Å². The number of carbonyl (C=O) groups is 2. The first kappa shape index (κ1) is 24.3. The molecule has 4 rings (SSSR count). The van der Waals surface area contributed by atoms with Crippen molar-refractivity contribution in [3.8, 4) is 6.07 Å². The second kappa shape index (κ2) is 11.1. The van der Waals surface area contributed by atoms with Gasteiger partial charge in [0.15, 0.2) is 0 Å². The van der Waals surface area contributed by atoms with Gasteiger partial charge in [-0.05, 0) is 49.9 Å². The zero-order valence-electron chi connectivity index (χ0n) is 19.8. The molecule has 0 aliphatic carbocycles. The van der Waals surface area contributed by atoms with Crippen LogP contribution in [0.1, 0.15) is 22.3 Å². The van der Waals surface area contributed by atoms with Crippen LogP contribution in [0.3, 0.4) is 0 Å². The van der Waals surface area contributed by atoms with E-state index in [1.54, 1.807) is 0 Å². The maximum Gasteiger partial charge on any atom is 0.264 e. The molecule has 0 bridgehead atoms. The van der Waals surface area contributed by atoms with Crippen LogP contribution in [0.25, 0.3) is 0 Å². The Kier molecular flexibility index (Phi) is 7.69. The molecule has 2 amide bonds. The van der Waals surface area contributed by atoms with Gasteiger partial charge in [0.05, 0.1) is 5.25 Å². The van der Waals surface area contributed by atoms with Crippen LogP contribution in [0.15, 0.2) is 89.5 Å². The lowest BCUT2D eigenvalue weighted by atomic mass is 10.1. The minimum Gasteiger partial charge on any atom is -0.351 e. The fourth-order valence-corrected chi connectivity index (χ4v) is 5.22. The van der Waals surface area contributed by atoms with Gasteiger partial charge in [0.25, 0.3) is 5.91 Å². The van der Waals surface area contributed by atoms with Crippen molar-refractivity contribution in [3.63, 3.8) is 0 Å². The molecule has 0 aromatic heterocycles. The molecule has 1 N–H and O–H groups in total. The van der Waals surface area contributed by atoms with Crippen LogP contribution in [-0.4, -0.2) is 23.6 Å². The summed E-state index contributed by atoms with van der Waals surface area (Å²) in [6, 6.07) is 27.5. The van der Waals surface area contributed by atoms with E-state index in [1.165, 1.54) is 16.7 Å². The van der Waals surface area contributed by atoms with Crippen molar-refractivity contribution < 1.29 is 9.59 Å². The number of anilines is 1. The quantitative estimate of drug-likeness (QED) is 0.377. The van der Waals surface area contributed by atoms with Crippen LogP contribution in [0.2, 0.25) is 0 Å². The molecule has 1 aliphatic rings. The van der Waals surface area contributed by atoms with Gasteiger partial charge in [0, 0.05) is 12.2 Å². The molecule has 1 saturated heterocycles. The van der Waals surface area contributed by atoms with E-state index >= 15 is 0 Å². The van der Waals surface area contributed by atoms with E-state index in [2.05, 4.69) is 11.4 Å². The molecule has 1 fully saturated rings. The van der Waals surface area contributed by atoms with E-state index in [1.807, 2.05) is 92.7 Å². The molecule has 3 aromatic carbocycles. The number of amides is 2. The topological polar surface area (TPSA) is 73.2 Å². The first-order chi connectivity index (χ1) is 17.0. The average molecular weight is 482 g/mol. The predicted octanol–water partition coefficient (Wildman–Crippen LogP) is 5.09. The summed E-state index contributed by atoms with van der Waals surface area (Å²) in [6.07, 6.45) is 1.17. The Morgan fingerprint density at radius 2 is 1.57 bits per heavy atom. The van der Waals surface area contributed by atoms with Gasteiger partial charge in [-0.2, -0.15) is 5.26 Å². The third-order valence-electron chi connectivity index (χ3n) is 5.88. The number of nitrogens with zero attached hydrogens (tertiary/aromatic N) is 2. The normalized spacial score (nSPS) is 16.7. The Labute approximate surface area is 210 Å². The van der Waals surface area contributed by atoms with Crippen LogP contribution in [0, 0.1) is 25.2 Å². The first-order valence-electron chi connectivity index (χ1n) is 11.6. The zero-order chi connectivity index (χ0) is 24.8. The zero-order valence-corrected chi connectivity index (χ0v) is 20.6. The molecule has 0 radical (unpaired) electrons. The minimum absolute atomic E-state index is 0.0385. The number of carbonyl (C=O) groups excluding carboxylic acids is 2. The lowest BCUT2D eigenvalue weighted by Crippen LogP contribution is -2.32. The predicted molar refractivity (Wildman–Crippen MR) is 141 cm³/mol. The lowest BCUT2D eigenvalue weighted by molar-refractivity contribution is -0.117. The van der Waals surface area contributed by atoms with E-state index in [0.717, 1.165) is 22.3 Å². The van der Waals surface area contributed by atoms with Crippen molar-refractivity contribution in [2.24, 2.45) is 0 Å². The van der Waals surface area contributed by atoms with Crippen molar-refractivity contribution in [2.45, 2.75) is 31.9 Å². The van der Waals surface area contributed by atoms with E-state index in [9.17, 15) is 14.9 Å². The van der Waals surface area contributed by atoms with Gasteiger partial charge in [-0.1, -0.05) is 89.6 Å². The van der Waals surface area contributed by atoms with Crippen molar-refractivity contribution in [3.05, 3.63) is 112 Å². The molecule has 1 atom stereocenters. The number of aryl methyl sites for hydroxylation is 2. The van der Waals surface area contributed by atoms with Gasteiger partial charge in [-0.3, -0.25) is 14.5 Å². The Balaban J connectivity index is 1.61. The van der Waals surface area contributed by atoms with Crippen molar-refractivity contribution >= 4 is 29.3 Å². The third-order valence-corrected chi connectivity index (χ3v) is 7.14. The average Bonchev–Trinajstić information content (AvgIpc) is 3.17. The fourth-order valence-electron chi connectivity index (χ4n) is 3.91. The maximum absolute atomic E-state index is 13.5. The smallest absolute Gasteiger partial charge is 0.264 e. The van der Waals surface area contributed by atoms with Gasteiger partial charge < -0.3 is 5.32 Å². The number of thioether (sulfide) groups is 1. The summed E-state index contributed by atoms with van der Waals surface area (Å²) in [7, 11) is 0. The Hall–Kier alpha value is -3.82. The van der Waals surface area contributed by atoms with Gasteiger partial charge in [-0.25, -0.2) is 0 Å². The molecule has 0 unspecified atom stereocenters. The maximum atomic E-state index is 13.5. The molecule has 5 nitrogen and oxygen atoms in total. The van der Waals surface area contributed by atoms with Crippen LogP contribution in [-0.2, 0) is 22.4 Å². The first-order valence-corrected chi connectivity index (χ1v) is 12.4. The summed E-state index contributed by atoms with van der Waals surface area (Å²) >= 11 is 1.29. The monoisotopic (exact) mass is 481 g/mol. The second-order valence-corrected chi connectivity index (χ2v) is 9.78. The molecule has 35 heavy (non-hydrogen) atoms. The molecule has 0 spiro atoms. The van der Waals surface area contributed by atoms with Crippen LogP contribution < -0.4 is 10.2 Å². The van der Waals surface area contributed by atoms with Gasteiger partial charge in [0.2, 0.25) is 5.91 Å². The van der Waals surface area contributed by atoms with Gasteiger partial charge >= 0.3 is 0 Å². The molecule has 1 heterocycles. The molecule has 3 aromatic rings. The number of nitrogens with one attached hydrogen (secondary N) is 1. The van der Waals surface area contributed by atoms with E-state index in [0.29, 0.717) is 30.1 Å². The third kappa shape index (κ3) is 5.82. The number of rotatable bonds is 7. The fraction of sp³-hybridized carbons (Fsp3) is 0.207. The van der Waals surface area contributed by atoms with E-state index in [-0.39, 0.29) is 11.5 Å². The van der Waals surface area contributed by atoms with Crippen molar-refractivity contribution in [2.75, 3.05) is 11.4 Å². The second-order valence-electron chi connectivity index (χ2n) is 8.59. The number of hydrogen-bond donors (Lipinski definition) is 1. The molecular formula is C29H27N3O2S. The minimum atomic E-state index is -0.466. The Bertz CT molecular complexity index is 1280. The molecular weight excluding hydrogens is 454 g/mol. The summed E-state index contributed by atoms with van der Waals surface area (Å²) in [6.45, 7) is 4.40. The summed E-state index contributed by atoms with van der Waals surface area (Å²) in [5.74, 6) is -0.592. The highest BCUT2D eigenvalue weighted by molar-refractivity contribution is 8.05. The van der Waals surface area contributed by atoms with Gasteiger partial charge in [-0.15, -0.1) is 0 Å². The molecule has 176 valence electrons. The summed E-state index contributed by atoms with van der Waals surface area (Å²) in [5.41, 5.74) is 4.97. The van der Waals surface area contributed by atoms with Crippen LogP contribution >= 0.6 is 11.8 Å². The standard InChI is InChI=1S/C29H27N3O2S/c1-20-8-12-23(13-9-20)18-26-28(34)32(24-14-10-21(2)11-15-24)29(35-26)25(19-30)27(33)31-17-16-22-6-4-3-5-7-22/h3-15,26H,16-18H2,1-2H3,(H,31,33)/b29-25-/t26-/m1/s1. The summed E-state index contributed by atoms with van der Waals surface area (Å²) in [4.78, 5) is 28.1. The number of nitriles is 1. The molecule has 6 heteroatoms. The Morgan fingerprint density at radius 1 is 0.943 bits per heavy atom. The molecule has 0 saturated carbocycles. The highest BCUT2D eigenvalue weighted by atomic mass is 32.2. The Morgan fingerprint density at radius 3 is 2.20 bits per heavy atom. The van der Waals surface area contributed by atoms with Crippen LogP contribution in [0.5, 0.6) is 0 Å². The number of hydrogen-bond acceptors (Lipinski definition) is 4. The summed E-state index contributed by atoms with van der Waals surface area (Å²) in [5, 5.41) is 12.8. The SMILES string of the molecule is Cc1ccc(C[C@H]2S/C(=C(/C#N)C(=O)NCCc3ccccc3)N(c3ccc(C)cc3)C2=O)cc1. The number of benzene rings is 3.